The first kappa shape index (κ1) is 37.5. The summed E-state index contributed by atoms with van der Waals surface area (Å²) in [6, 6.07) is 12.4. The molecule has 4 rings (SSSR count). The van der Waals surface area contributed by atoms with Gasteiger partial charge in [0.1, 0.15) is 17.1 Å². The third-order valence-electron chi connectivity index (χ3n) is 8.17. The Bertz CT molecular complexity index is 1780. The van der Waals surface area contributed by atoms with Crippen LogP contribution in [0.4, 0.5) is 16.2 Å². The van der Waals surface area contributed by atoms with Gasteiger partial charge < -0.3 is 24.4 Å². The Morgan fingerprint density at radius 3 is 2.35 bits per heavy atom. The van der Waals surface area contributed by atoms with Crippen molar-refractivity contribution >= 4 is 33.4 Å². The fourth-order valence-corrected chi connectivity index (χ4v) is 6.18. The average molecular weight is 695 g/mol. The number of nitrogens with one attached hydrogen (secondary N) is 2. The Hall–Kier alpha value is -4.32. The van der Waals surface area contributed by atoms with Crippen LogP contribution in [0.1, 0.15) is 88.0 Å². The highest BCUT2D eigenvalue weighted by molar-refractivity contribution is 7.92. The zero-order valence-electron chi connectivity index (χ0n) is 30.1. The summed E-state index contributed by atoms with van der Waals surface area (Å²) in [5.41, 5.74) is 2.59. The molecule has 1 fully saturated rings. The zero-order chi connectivity index (χ0) is 36.1. The number of ether oxygens (including phenoxy) is 3. The normalized spacial score (nSPS) is 15.6. The number of methoxy groups -OCH3 is 1. The van der Waals surface area contributed by atoms with Crippen LogP contribution in [0.2, 0.25) is 0 Å². The number of aromatic nitrogens is 1. The second kappa shape index (κ2) is 15.1. The number of hydrogen-bond donors (Lipinski definition) is 2. The second-order valence-corrected chi connectivity index (χ2v) is 16.5. The third kappa shape index (κ3) is 10.8. The van der Waals surface area contributed by atoms with Crippen molar-refractivity contribution in [3.8, 4) is 17.2 Å². The van der Waals surface area contributed by atoms with Crippen LogP contribution in [-0.4, -0.2) is 62.4 Å². The molecule has 1 saturated heterocycles. The molecule has 12 heteroatoms. The van der Waals surface area contributed by atoms with E-state index in [9.17, 15) is 18.0 Å². The standard InChI is InChI=1S/C37H50N4O7S/c1-24-12-13-26(34(42)39-30-21-27(36(2,3)4)22-31(33(30)46-8)40-49(9,44)45)20-32(24)47-29-14-16-38-28(23-29)19-25-11-10-17-41(18-15-25)35(43)48-37(5,6)7/h12-14,16,20-23,25,40H,10-11,15,17-19H2,1-9H3,(H,39,42). The number of amides is 2. The van der Waals surface area contributed by atoms with Crippen LogP contribution in [0.3, 0.4) is 0 Å². The van der Waals surface area contributed by atoms with Gasteiger partial charge >= 0.3 is 6.09 Å². The molecule has 0 bridgehead atoms. The molecule has 1 atom stereocenters. The molecule has 0 aliphatic carbocycles. The van der Waals surface area contributed by atoms with Crippen LogP contribution in [0.5, 0.6) is 17.2 Å². The van der Waals surface area contributed by atoms with Gasteiger partial charge in [-0.25, -0.2) is 13.2 Å². The quantitative estimate of drug-likeness (QED) is 0.233. The minimum Gasteiger partial charge on any atom is -0.492 e. The SMILES string of the molecule is COc1c(NC(=O)c2ccc(C)c(Oc3ccnc(CC4CCCN(C(=O)OC(C)(C)C)CC4)c3)c2)cc(C(C)(C)C)cc1NS(C)(=O)=O. The van der Waals surface area contributed by atoms with Crippen molar-refractivity contribution in [2.75, 3.05) is 36.5 Å². The highest BCUT2D eigenvalue weighted by atomic mass is 32.2. The van der Waals surface area contributed by atoms with Crippen LogP contribution in [0.25, 0.3) is 0 Å². The molecule has 1 aliphatic rings. The number of rotatable bonds is 9. The number of anilines is 2. The molecule has 2 N–H and O–H groups in total. The lowest BCUT2D eigenvalue weighted by molar-refractivity contribution is 0.0255. The van der Waals surface area contributed by atoms with E-state index in [1.54, 1.807) is 41.4 Å². The van der Waals surface area contributed by atoms with Crippen LogP contribution in [0, 0.1) is 12.8 Å². The van der Waals surface area contributed by atoms with Crippen molar-refractivity contribution in [2.45, 2.75) is 85.2 Å². The van der Waals surface area contributed by atoms with Crippen molar-refractivity contribution in [3.63, 3.8) is 0 Å². The third-order valence-corrected chi connectivity index (χ3v) is 8.76. The van der Waals surface area contributed by atoms with E-state index in [-0.39, 0.29) is 22.9 Å². The van der Waals surface area contributed by atoms with E-state index < -0.39 is 21.5 Å². The summed E-state index contributed by atoms with van der Waals surface area (Å²) >= 11 is 0. The van der Waals surface area contributed by atoms with Crippen molar-refractivity contribution in [1.82, 2.24) is 9.88 Å². The summed E-state index contributed by atoms with van der Waals surface area (Å²) in [6.07, 6.45) is 6.01. The number of carbonyl (C=O) groups is 2. The molecule has 266 valence electrons. The topological polar surface area (TPSA) is 136 Å². The maximum absolute atomic E-state index is 13.6. The molecule has 2 amide bonds. The average Bonchev–Trinajstić information content (AvgIpc) is 3.22. The number of likely N-dealkylation sites (tertiary alicyclic amines) is 1. The Morgan fingerprint density at radius 1 is 0.980 bits per heavy atom. The highest BCUT2D eigenvalue weighted by Gasteiger charge is 2.26. The molecular formula is C37H50N4O7S. The zero-order valence-corrected chi connectivity index (χ0v) is 30.9. The predicted octanol–water partition coefficient (Wildman–Crippen LogP) is 7.69. The highest BCUT2D eigenvalue weighted by Crippen LogP contribution is 2.39. The molecule has 1 aliphatic heterocycles. The summed E-state index contributed by atoms with van der Waals surface area (Å²) in [5.74, 6) is 1.27. The van der Waals surface area contributed by atoms with Crippen molar-refractivity contribution in [1.29, 1.82) is 0 Å². The number of nitrogens with zero attached hydrogens (tertiary/aromatic N) is 2. The van der Waals surface area contributed by atoms with Crippen LogP contribution < -0.4 is 19.5 Å². The maximum Gasteiger partial charge on any atom is 0.410 e. The largest absolute Gasteiger partial charge is 0.492 e. The molecular weight excluding hydrogens is 644 g/mol. The van der Waals surface area contributed by atoms with Crippen LogP contribution in [0.15, 0.2) is 48.7 Å². The van der Waals surface area contributed by atoms with E-state index in [2.05, 4.69) is 15.0 Å². The minimum absolute atomic E-state index is 0.200. The van der Waals surface area contributed by atoms with Gasteiger partial charge in [0.2, 0.25) is 10.0 Å². The van der Waals surface area contributed by atoms with E-state index in [4.69, 9.17) is 14.2 Å². The summed E-state index contributed by atoms with van der Waals surface area (Å²) in [7, 11) is -2.20. The second-order valence-electron chi connectivity index (χ2n) is 14.7. The number of pyridine rings is 1. The van der Waals surface area contributed by atoms with E-state index in [0.29, 0.717) is 41.8 Å². The van der Waals surface area contributed by atoms with Gasteiger partial charge in [0.15, 0.2) is 5.75 Å². The van der Waals surface area contributed by atoms with Gasteiger partial charge in [0, 0.05) is 36.6 Å². The van der Waals surface area contributed by atoms with E-state index in [1.807, 2.05) is 60.6 Å². The van der Waals surface area contributed by atoms with Gasteiger partial charge in [0.05, 0.1) is 24.7 Å². The molecule has 0 radical (unpaired) electrons. The summed E-state index contributed by atoms with van der Waals surface area (Å²) in [6.45, 7) is 14.8. The first-order valence-corrected chi connectivity index (χ1v) is 18.4. The summed E-state index contributed by atoms with van der Waals surface area (Å²) in [4.78, 5) is 32.6. The molecule has 0 saturated carbocycles. The lowest BCUT2D eigenvalue weighted by atomic mass is 9.86. The fourth-order valence-electron chi connectivity index (χ4n) is 5.63. The van der Waals surface area contributed by atoms with E-state index in [1.165, 1.54) is 7.11 Å². The van der Waals surface area contributed by atoms with Gasteiger partial charge in [-0.1, -0.05) is 26.8 Å². The van der Waals surface area contributed by atoms with Gasteiger partial charge in [-0.3, -0.25) is 14.5 Å². The molecule has 3 aromatic rings. The Balaban J connectivity index is 1.49. The molecule has 0 spiro atoms. The first-order valence-electron chi connectivity index (χ1n) is 16.5. The van der Waals surface area contributed by atoms with Gasteiger partial charge in [-0.05, 0) is 106 Å². The predicted molar refractivity (Wildman–Crippen MR) is 192 cm³/mol. The van der Waals surface area contributed by atoms with Crippen molar-refractivity contribution in [3.05, 3.63) is 71.0 Å². The Labute approximate surface area is 290 Å². The minimum atomic E-state index is -3.62. The number of benzene rings is 2. The Morgan fingerprint density at radius 2 is 1.69 bits per heavy atom. The van der Waals surface area contributed by atoms with Crippen molar-refractivity contribution < 1.29 is 32.2 Å². The summed E-state index contributed by atoms with van der Waals surface area (Å²) < 4.78 is 44.2. The number of hydrogen-bond acceptors (Lipinski definition) is 8. The maximum atomic E-state index is 13.6. The van der Waals surface area contributed by atoms with Gasteiger partial charge in [0.25, 0.3) is 5.91 Å². The lowest BCUT2D eigenvalue weighted by Crippen LogP contribution is -2.37. The van der Waals surface area contributed by atoms with Gasteiger partial charge in [-0.2, -0.15) is 0 Å². The first-order chi connectivity index (χ1) is 22.8. The molecule has 49 heavy (non-hydrogen) atoms. The molecule has 2 heterocycles. The number of sulfonamides is 1. The molecule has 1 aromatic heterocycles. The summed E-state index contributed by atoms with van der Waals surface area (Å²) in [5, 5.41) is 2.91. The molecule has 1 unspecified atom stereocenters. The van der Waals surface area contributed by atoms with E-state index in [0.717, 1.165) is 48.8 Å². The fraction of sp³-hybridized carbons (Fsp3) is 0.486. The lowest BCUT2D eigenvalue weighted by Gasteiger charge is -2.26. The Kier molecular flexibility index (Phi) is 11.5. The van der Waals surface area contributed by atoms with Crippen LogP contribution >= 0.6 is 0 Å². The molecule has 11 nitrogen and oxygen atoms in total. The smallest absolute Gasteiger partial charge is 0.410 e. The molecule has 2 aromatic carbocycles. The van der Waals surface area contributed by atoms with Crippen molar-refractivity contribution in [2.24, 2.45) is 5.92 Å². The number of carbonyl (C=O) groups excluding carboxylic acids is 2. The number of aryl methyl sites for hydroxylation is 1. The van der Waals surface area contributed by atoms with Gasteiger partial charge in [-0.15, -0.1) is 0 Å². The van der Waals surface area contributed by atoms with Crippen LogP contribution in [-0.2, 0) is 26.6 Å². The van der Waals surface area contributed by atoms with E-state index >= 15 is 0 Å². The monoisotopic (exact) mass is 694 g/mol.